The molecule has 0 saturated heterocycles. The van der Waals surface area contributed by atoms with Gasteiger partial charge in [0.15, 0.2) is 0 Å². The smallest absolute Gasteiger partial charge is 0.0102 e. The first-order valence-electron chi connectivity index (χ1n) is 6.61. The predicted molar refractivity (Wildman–Crippen MR) is 80.3 cm³/mol. The van der Waals surface area contributed by atoms with Crippen LogP contribution in [0.15, 0.2) is 42.5 Å². The number of aryl methyl sites for hydroxylation is 3. The molecule has 18 heavy (non-hydrogen) atoms. The van der Waals surface area contributed by atoms with E-state index in [9.17, 15) is 0 Å². The fraction of sp³-hybridized carbons (Fsp3) is 0.222. The van der Waals surface area contributed by atoms with Gasteiger partial charge >= 0.3 is 0 Å². The summed E-state index contributed by atoms with van der Waals surface area (Å²) >= 11 is 0. The van der Waals surface area contributed by atoms with Crippen molar-refractivity contribution in [2.45, 2.75) is 27.2 Å². The molecule has 0 aliphatic heterocycles. The summed E-state index contributed by atoms with van der Waals surface area (Å²) < 4.78 is 0. The average molecular weight is 234 g/mol. The van der Waals surface area contributed by atoms with Gasteiger partial charge in [0.2, 0.25) is 0 Å². The zero-order chi connectivity index (χ0) is 12.7. The van der Waals surface area contributed by atoms with Gasteiger partial charge in [-0.2, -0.15) is 0 Å². The summed E-state index contributed by atoms with van der Waals surface area (Å²) in [5, 5.41) is 5.53. The average Bonchev–Trinajstić information content (AvgIpc) is 2.37. The normalized spacial score (nSPS) is 11.3. The zero-order valence-corrected chi connectivity index (χ0v) is 11.2. The van der Waals surface area contributed by atoms with Crippen LogP contribution in [0.2, 0.25) is 0 Å². The molecule has 3 rings (SSSR count). The van der Waals surface area contributed by atoms with Gasteiger partial charge in [0.25, 0.3) is 0 Å². The van der Waals surface area contributed by atoms with Crippen molar-refractivity contribution in [3.63, 3.8) is 0 Å². The second-order valence-electron chi connectivity index (χ2n) is 5.16. The Hall–Kier alpha value is -1.82. The van der Waals surface area contributed by atoms with E-state index >= 15 is 0 Å². The highest BCUT2D eigenvalue weighted by atomic mass is 14.1. The SMILES string of the molecule is CCc1cc2cc(C)ccc2c2ccc(C)cc12. The van der Waals surface area contributed by atoms with Crippen LogP contribution < -0.4 is 0 Å². The van der Waals surface area contributed by atoms with Crippen LogP contribution in [0.5, 0.6) is 0 Å². The van der Waals surface area contributed by atoms with Gasteiger partial charge in [0.1, 0.15) is 0 Å². The Kier molecular flexibility index (Phi) is 2.59. The summed E-state index contributed by atoms with van der Waals surface area (Å²) in [4.78, 5) is 0. The Balaban J connectivity index is 2.52. The van der Waals surface area contributed by atoms with Gasteiger partial charge in [0.05, 0.1) is 0 Å². The molecule has 0 heteroatoms. The van der Waals surface area contributed by atoms with Crippen molar-refractivity contribution in [1.82, 2.24) is 0 Å². The van der Waals surface area contributed by atoms with E-state index < -0.39 is 0 Å². The van der Waals surface area contributed by atoms with Gasteiger partial charge in [0, 0.05) is 0 Å². The van der Waals surface area contributed by atoms with E-state index in [2.05, 4.69) is 63.2 Å². The molecule has 0 aromatic heterocycles. The van der Waals surface area contributed by atoms with Gasteiger partial charge in [-0.05, 0) is 47.4 Å². The topological polar surface area (TPSA) is 0 Å². The van der Waals surface area contributed by atoms with Crippen molar-refractivity contribution in [2.24, 2.45) is 0 Å². The molecule has 0 atom stereocenters. The molecule has 0 aliphatic rings. The summed E-state index contributed by atoms with van der Waals surface area (Å²) in [6.07, 6.45) is 1.09. The van der Waals surface area contributed by atoms with Crippen LogP contribution in [-0.4, -0.2) is 0 Å². The van der Waals surface area contributed by atoms with Gasteiger partial charge in [-0.25, -0.2) is 0 Å². The van der Waals surface area contributed by atoms with Crippen LogP contribution in [0.1, 0.15) is 23.6 Å². The van der Waals surface area contributed by atoms with Gasteiger partial charge in [-0.3, -0.25) is 0 Å². The Bertz CT molecular complexity index is 736. The summed E-state index contributed by atoms with van der Waals surface area (Å²) in [6.45, 7) is 6.56. The molecule has 3 aromatic rings. The summed E-state index contributed by atoms with van der Waals surface area (Å²) in [5.41, 5.74) is 4.12. The Morgan fingerprint density at radius 2 is 1.39 bits per heavy atom. The summed E-state index contributed by atoms with van der Waals surface area (Å²) in [6, 6.07) is 15.9. The lowest BCUT2D eigenvalue weighted by atomic mass is 9.94. The van der Waals surface area contributed by atoms with E-state index in [1.54, 1.807) is 0 Å². The minimum atomic E-state index is 1.09. The summed E-state index contributed by atoms with van der Waals surface area (Å²) in [5.74, 6) is 0. The standard InChI is InChI=1S/C18H18/c1-4-14-11-15-9-12(2)5-7-16(15)17-8-6-13(3)10-18(14)17/h5-11H,4H2,1-3H3. The molecule has 0 saturated carbocycles. The number of benzene rings is 3. The van der Waals surface area contributed by atoms with Gasteiger partial charge in [-0.1, -0.05) is 60.5 Å². The van der Waals surface area contributed by atoms with E-state index in [-0.39, 0.29) is 0 Å². The van der Waals surface area contributed by atoms with Crippen LogP contribution in [0.4, 0.5) is 0 Å². The molecule has 0 aliphatic carbocycles. The molecule has 90 valence electrons. The first-order valence-corrected chi connectivity index (χ1v) is 6.61. The highest BCUT2D eigenvalue weighted by Crippen LogP contribution is 2.30. The van der Waals surface area contributed by atoms with Crippen LogP contribution in [0.25, 0.3) is 21.5 Å². The van der Waals surface area contributed by atoms with Crippen molar-refractivity contribution in [3.05, 3.63) is 59.2 Å². The molecular weight excluding hydrogens is 216 g/mol. The van der Waals surface area contributed by atoms with Crippen LogP contribution in [-0.2, 0) is 6.42 Å². The lowest BCUT2D eigenvalue weighted by Crippen LogP contribution is -1.88. The molecule has 0 bridgehead atoms. The number of fused-ring (bicyclic) bond motifs is 3. The van der Waals surface area contributed by atoms with E-state index in [0.717, 1.165) is 6.42 Å². The quantitative estimate of drug-likeness (QED) is 0.509. The third-order valence-corrected chi connectivity index (χ3v) is 3.73. The maximum Gasteiger partial charge on any atom is -0.0102 e. The maximum absolute atomic E-state index is 2.35. The molecule has 0 fully saturated rings. The Labute approximate surface area is 108 Å². The van der Waals surface area contributed by atoms with E-state index in [1.807, 2.05) is 0 Å². The minimum absolute atomic E-state index is 1.09. The third kappa shape index (κ3) is 1.69. The van der Waals surface area contributed by atoms with Crippen molar-refractivity contribution in [3.8, 4) is 0 Å². The first-order chi connectivity index (χ1) is 8.69. The molecule has 0 heterocycles. The van der Waals surface area contributed by atoms with E-state index in [0.29, 0.717) is 0 Å². The predicted octanol–water partition coefficient (Wildman–Crippen LogP) is 5.17. The first kappa shape index (κ1) is 11.3. The number of hydrogen-bond donors (Lipinski definition) is 0. The third-order valence-electron chi connectivity index (χ3n) is 3.73. The molecule has 0 spiro atoms. The fourth-order valence-electron chi connectivity index (χ4n) is 2.76. The Morgan fingerprint density at radius 1 is 0.722 bits per heavy atom. The minimum Gasteiger partial charge on any atom is -0.0613 e. The zero-order valence-electron chi connectivity index (χ0n) is 11.2. The Morgan fingerprint density at radius 3 is 2.11 bits per heavy atom. The van der Waals surface area contributed by atoms with Crippen molar-refractivity contribution in [1.29, 1.82) is 0 Å². The second-order valence-corrected chi connectivity index (χ2v) is 5.16. The molecule has 0 N–H and O–H groups in total. The monoisotopic (exact) mass is 234 g/mol. The van der Waals surface area contributed by atoms with Crippen LogP contribution in [0, 0.1) is 13.8 Å². The molecule has 0 radical (unpaired) electrons. The molecule has 0 amide bonds. The second kappa shape index (κ2) is 4.13. The number of rotatable bonds is 1. The lowest BCUT2D eigenvalue weighted by molar-refractivity contribution is 1.16. The van der Waals surface area contributed by atoms with Crippen molar-refractivity contribution < 1.29 is 0 Å². The molecular formula is C18H18. The fourth-order valence-corrected chi connectivity index (χ4v) is 2.76. The molecule has 0 unspecified atom stereocenters. The summed E-state index contributed by atoms with van der Waals surface area (Å²) in [7, 11) is 0. The van der Waals surface area contributed by atoms with E-state index in [4.69, 9.17) is 0 Å². The van der Waals surface area contributed by atoms with Crippen LogP contribution in [0.3, 0.4) is 0 Å². The van der Waals surface area contributed by atoms with E-state index in [1.165, 1.54) is 38.2 Å². The van der Waals surface area contributed by atoms with Crippen molar-refractivity contribution >= 4 is 21.5 Å². The van der Waals surface area contributed by atoms with Crippen LogP contribution >= 0.6 is 0 Å². The highest BCUT2D eigenvalue weighted by molar-refractivity contribution is 6.09. The maximum atomic E-state index is 2.35. The van der Waals surface area contributed by atoms with Crippen molar-refractivity contribution in [2.75, 3.05) is 0 Å². The molecule has 0 nitrogen and oxygen atoms in total. The number of hydrogen-bond acceptors (Lipinski definition) is 0. The van der Waals surface area contributed by atoms with Gasteiger partial charge in [-0.15, -0.1) is 0 Å². The lowest BCUT2D eigenvalue weighted by Gasteiger charge is -2.10. The highest BCUT2D eigenvalue weighted by Gasteiger charge is 2.05. The molecule has 3 aromatic carbocycles. The largest absolute Gasteiger partial charge is 0.0613 e. The van der Waals surface area contributed by atoms with Gasteiger partial charge < -0.3 is 0 Å².